The van der Waals surface area contributed by atoms with Gasteiger partial charge in [0.25, 0.3) is 5.91 Å². The lowest BCUT2D eigenvalue weighted by atomic mass is 9.85. The van der Waals surface area contributed by atoms with Crippen molar-refractivity contribution in [2.75, 3.05) is 5.32 Å². The number of halogens is 2. The monoisotopic (exact) mass is 375 g/mol. The van der Waals surface area contributed by atoms with Gasteiger partial charge in [-0.3, -0.25) is 9.59 Å². The molecule has 27 heavy (non-hydrogen) atoms. The second-order valence-corrected chi connectivity index (χ2v) is 6.47. The SMILES string of the molecule is CC[C@@H](C)[C@@H](C(=O)O[C@@H](C)C(=O)Nc1ccc(F)cc1F)c1ccccc1. The molecule has 4 nitrogen and oxygen atoms in total. The van der Waals surface area contributed by atoms with Crippen molar-refractivity contribution in [1.82, 2.24) is 0 Å². The summed E-state index contributed by atoms with van der Waals surface area (Å²) in [6, 6.07) is 12.0. The zero-order valence-corrected chi connectivity index (χ0v) is 15.5. The van der Waals surface area contributed by atoms with Gasteiger partial charge in [-0.15, -0.1) is 0 Å². The summed E-state index contributed by atoms with van der Waals surface area (Å²) in [7, 11) is 0. The van der Waals surface area contributed by atoms with Crippen LogP contribution in [-0.2, 0) is 14.3 Å². The number of carbonyl (C=O) groups is 2. The number of hydrogen-bond acceptors (Lipinski definition) is 3. The van der Waals surface area contributed by atoms with E-state index in [4.69, 9.17) is 4.74 Å². The van der Waals surface area contributed by atoms with Crippen LogP contribution in [0.3, 0.4) is 0 Å². The van der Waals surface area contributed by atoms with E-state index in [-0.39, 0.29) is 11.6 Å². The van der Waals surface area contributed by atoms with Crippen LogP contribution in [0.15, 0.2) is 48.5 Å². The van der Waals surface area contributed by atoms with E-state index in [0.29, 0.717) is 6.07 Å². The molecule has 0 aliphatic carbocycles. The van der Waals surface area contributed by atoms with E-state index in [0.717, 1.165) is 24.1 Å². The Labute approximate surface area is 157 Å². The fourth-order valence-corrected chi connectivity index (χ4v) is 2.72. The minimum Gasteiger partial charge on any atom is -0.452 e. The van der Waals surface area contributed by atoms with Gasteiger partial charge in [-0.25, -0.2) is 8.78 Å². The number of ether oxygens (including phenoxy) is 1. The van der Waals surface area contributed by atoms with Gasteiger partial charge in [-0.2, -0.15) is 0 Å². The molecule has 0 saturated carbocycles. The summed E-state index contributed by atoms with van der Waals surface area (Å²) in [4.78, 5) is 24.9. The topological polar surface area (TPSA) is 55.4 Å². The molecule has 0 saturated heterocycles. The van der Waals surface area contributed by atoms with Crippen LogP contribution in [0.5, 0.6) is 0 Å². The van der Waals surface area contributed by atoms with E-state index in [1.807, 2.05) is 44.2 Å². The average molecular weight is 375 g/mol. The maximum absolute atomic E-state index is 13.7. The van der Waals surface area contributed by atoms with E-state index in [1.54, 1.807) is 0 Å². The summed E-state index contributed by atoms with van der Waals surface area (Å²) in [5.41, 5.74) is 0.639. The third kappa shape index (κ3) is 5.36. The summed E-state index contributed by atoms with van der Waals surface area (Å²) in [5, 5.41) is 2.31. The molecule has 0 heterocycles. The third-order valence-corrected chi connectivity index (χ3v) is 4.48. The second-order valence-electron chi connectivity index (χ2n) is 6.47. The number of benzene rings is 2. The highest BCUT2D eigenvalue weighted by Crippen LogP contribution is 2.29. The first kappa shape index (κ1) is 20.6. The van der Waals surface area contributed by atoms with Crippen molar-refractivity contribution < 1.29 is 23.1 Å². The van der Waals surface area contributed by atoms with Crippen molar-refractivity contribution in [3.63, 3.8) is 0 Å². The van der Waals surface area contributed by atoms with Gasteiger partial charge in [0.1, 0.15) is 11.6 Å². The smallest absolute Gasteiger partial charge is 0.314 e. The molecular weight excluding hydrogens is 352 g/mol. The zero-order chi connectivity index (χ0) is 20.0. The van der Waals surface area contributed by atoms with Crippen molar-refractivity contribution in [1.29, 1.82) is 0 Å². The van der Waals surface area contributed by atoms with Crippen LogP contribution < -0.4 is 5.32 Å². The standard InChI is InChI=1S/C21H23F2NO3/c1-4-13(2)19(15-8-6-5-7-9-15)21(26)27-14(3)20(25)24-18-11-10-16(22)12-17(18)23/h5-14,19H,4H2,1-3H3,(H,24,25)/t13-,14+,19-/m1/s1. The fraction of sp³-hybridized carbons (Fsp3) is 0.333. The van der Waals surface area contributed by atoms with E-state index >= 15 is 0 Å². The third-order valence-electron chi connectivity index (χ3n) is 4.48. The van der Waals surface area contributed by atoms with Crippen LogP contribution in [0, 0.1) is 17.6 Å². The Morgan fingerprint density at radius 1 is 1.07 bits per heavy atom. The van der Waals surface area contributed by atoms with Crippen LogP contribution in [0.1, 0.15) is 38.7 Å². The highest BCUT2D eigenvalue weighted by molar-refractivity contribution is 5.95. The number of hydrogen-bond donors (Lipinski definition) is 1. The predicted molar refractivity (Wildman–Crippen MR) is 99.2 cm³/mol. The first-order valence-electron chi connectivity index (χ1n) is 8.84. The first-order chi connectivity index (χ1) is 12.8. The maximum atomic E-state index is 13.7. The molecule has 0 bridgehead atoms. The quantitative estimate of drug-likeness (QED) is 0.716. The van der Waals surface area contributed by atoms with E-state index in [2.05, 4.69) is 5.32 Å². The van der Waals surface area contributed by atoms with Gasteiger partial charge in [0.05, 0.1) is 11.6 Å². The lowest BCUT2D eigenvalue weighted by Crippen LogP contribution is -2.33. The second kappa shape index (κ2) is 9.26. The Morgan fingerprint density at radius 3 is 2.33 bits per heavy atom. The summed E-state index contributed by atoms with van der Waals surface area (Å²) >= 11 is 0. The highest BCUT2D eigenvalue weighted by atomic mass is 19.1. The number of anilines is 1. The summed E-state index contributed by atoms with van der Waals surface area (Å²) in [6.07, 6.45) is -0.368. The average Bonchev–Trinajstić information content (AvgIpc) is 2.64. The number of rotatable bonds is 7. The van der Waals surface area contributed by atoms with Crippen LogP contribution >= 0.6 is 0 Å². The van der Waals surface area contributed by atoms with Crippen molar-refractivity contribution in [2.24, 2.45) is 5.92 Å². The molecule has 6 heteroatoms. The number of amides is 1. The Morgan fingerprint density at radius 2 is 1.74 bits per heavy atom. The maximum Gasteiger partial charge on any atom is 0.314 e. The Bertz CT molecular complexity index is 795. The number of esters is 1. The lowest BCUT2D eigenvalue weighted by Gasteiger charge is -2.24. The molecule has 2 aromatic rings. The normalized spacial score (nSPS) is 14.1. The highest BCUT2D eigenvalue weighted by Gasteiger charge is 2.30. The molecule has 0 fully saturated rings. The van der Waals surface area contributed by atoms with E-state index in [9.17, 15) is 18.4 Å². The molecule has 0 aromatic heterocycles. The van der Waals surface area contributed by atoms with Gasteiger partial charge >= 0.3 is 5.97 Å². The Balaban J connectivity index is 2.08. The molecule has 144 valence electrons. The van der Waals surface area contributed by atoms with Gasteiger partial charge in [0, 0.05) is 6.07 Å². The molecule has 3 atom stereocenters. The molecule has 0 aliphatic rings. The largest absolute Gasteiger partial charge is 0.452 e. The molecule has 1 N–H and O–H groups in total. The van der Waals surface area contributed by atoms with E-state index in [1.165, 1.54) is 6.92 Å². The van der Waals surface area contributed by atoms with E-state index < -0.39 is 35.5 Å². The zero-order valence-electron chi connectivity index (χ0n) is 15.5. The molecule has 2 aromatic carbocycles. The van der Waals surface area contributed by atoms with Gasteiger partial charge < -0.3 is 10.1 Å². The van der Waals surface area contributed by atoms with Crippen molar-refractivity contribution in [3.8, 4) is 0 Å². The molecule has 1 amide bonds. The van der Waals surface area contributed by atoms with Crippen LogP contribution in [0.2, 0.25) is 0 Å². The molecule has 0 unspecified atom stereocenters. The number of nitrogens with one attached hydrogen (secondary N) is 1. The van der Waals surface area contributed by atoms with Gasteiger partial charge in [0.2, 0.25) is 0 Å². The summed E-state index contributed by atoms with van der Waals surface area (Å²) < 4.78 is 32.0. The van der Waals surface area contributed by atoms with Crippen molar-refractivity contribution in [3.05, 3.63) is 65.7 Å². The van der Waals surface area contributed by atoms with Crippen LogP contribution in [0.25, 0.3) is 0 Å². The molecule has 0 spiro atoms. The minimum atomic E-state index is -1.13. The van der Waals surface area contributed by atoms with Gasteiger partial charge in [0.15, 0.2) is 6.10 Å². The molecule has 0 radical (unpaired) electrons. The van der Waals surface area contributed by atoms with Crippen LogP contribution in [-0.4, -0.2) is 18.0 Å². The minimum absolute atomic E-state index is 0.0182. The van der Waals surface area contributed by atoms with Gasteiger partial charge in [-0.05, 0) is 30.5 Å². The lowest BCUT2D eigenvalue weighted by molar-refractivity contribution is -0.155. The van der Waals surface area contributed by atoms with Crippen molar-refractivity contribution in [2.45, 2.75) is 39.2 Å². The predicted octanol–water partition coefficient (Wildman–Crippen LogP) is 4.66. The molecule has 2 rings (SSSR count). The molecule has 0 aliphatic heterocycles. The van der Waals surface area contributed by atoms with Crippen molar-refractivity contribution >= 4 is 17.6 Å². The fourth-order valence-electron chi connectivity index (χ4n) is 2.72. The first-order valence-corrected chi connectivity index (χ1v) is 8.84. The Hall–Kier alpha value is -2.76. The number of carbonyl (C=O) groups excluding carboxylic acids is 2. The molecular formula is C21H23F2NO3. The summed E-state index contributed by atoms with van der Waals surface area (Å²) in [5.74, 6) is -3.34. The summed E-state index contributed by atoms with van der Waals surface area (Å²) in [6.45, 7) is 5.33. The van der Waals surface area contributed by atoms with Gasteiger partial charge in [-0.1, -0.05) is 50.6 Å². The van der Waals surface area contributed by atoms with Crippen LogP contribution in [0.4, 0.5) is 14.5 Å². The Kier molecular flexibility index (Phi) is 7.05.